The summed E-state index contributed by atoms with van der Waals surface area (Å²) in [4.78, 5) is 12.2. The number of hydrogen-bond donors (Lipinski definition) is 0. The molecule has 0 atom stereocenters. The molecule has 0 aliphatic carbocycles. The SMILES string of the molecule is COCc1c(C)c2c(c3c1COCCCCCCOC3)COC2=O. The molecule has 0 saturated carbocycles. The van der Waals surface area contributed by atoms with Gasteiger partial charge in [-0.1, -0.05) is 12.8 Å². The van der Waals surface area contributed by atoms with Crippen molar-refractivity contribution in [3.05, 3.63) is 33.4 Å². The maximum atomic E-state index is 12.2. The molecule has 0 N–H and O–H groups in total. The lowest BCUT2D eigenvalue weighted by molar-refractivity contribution is 0.0532. The van der Waals surface area contributed by atoms with Gasteiger partial charge in [0.1, 0.15) is 6.61 Å². The van der Waals surface area contributed by atoms with Crippen molar-refractivity contribution in [3.8, 4) is 0 Å². The van der Waals surface area contributed by atoms with Gasteiger partial charge in [-0.15, -0.1) is 0 Å². The number of cyclic esters (lactones) is 1. The van der Waals surface area contributed by atoms with Crippen LogP contribution < -0.4 is 0 Å². The average Bonchev–Trinajstić information content (AvgIpc) is 2.94. The van der Waals surface area contributed by atoms with Crippen LogP contribution in [0.3, 0.4) is 0 Å². The van der Waals surface area contributed by atoms with Crippen molar-refractivity contribution in [2.75, 3.05) is 20.3 Å². The monoisotopic (exact) mass is 334 g/mol. The Labute approximate surface area is 143 Å². The molecule has 2 aliphatic rings. The Hall–Kier alpha value is -1.43. The van der Waals surface area contributed by atoms with Crippen LogP contribution >= 0.6 is 0 Å². The number of carbonyl (C=O) groups is 1. The van der Waals surface area contributed by atoms with Crippen LogP contribution in [0.15, 0.2) is 0 Å². The van der Waals surface area contributed by atoms with E-state index in [1.165, 1.54) is 12.8 Å². The molecule has 0 aromatic heterocycles. The molecule has 0 bridgehead atoms. The van der Waals surface area contributed by atoms with Gasteiger partial charge in [0.15, 0.2) is 0 Å². The van der Waals surface area contributed by atoms with Gasteiger partial charge >= 0.3 is 5.97 Å². The number of benzene rings is 1. The lowest BCUT2D eigenvalue weighted by Crippen LogP contribution is -2.14. The first-order chi connectivity index (χ1) is 11.7. The summed E-state index contributed by atoms with van der Waals surface area (Å²) in [5, 5.41) is 0. The van der Waals surface area contributed by atoms with Crippen LogP contribution in [0.2, 0.25) is 0 Å². The number of esters is 1. The number of methoxy groups -OCH3 is 1. The molecule has 5 nitrogen and oxygen atoms in total. The molecular weight excluding hydrogens is 308 g/mol. The highest BCUT2D eigenvalue weighted by Crippen LogP contribution is 2.34. The van der Waals surface area contributed by atoms with Crippen molar-refractivity contribution in [1.29, 1.82) is 0 Å². The Balaban J connectivity index is 2.05. The van der Waals surface area contributed by atoms with Crippen molar-refractivity contribution in [1.82, 2.24) is 0 Å². The van der Waals surface area contributed by atoms with Gasteiger partial charge in [-0.3, -0.25) is 0 Å². The lowest BCUT2D eigenvalue weighted by Gasteiger charge is -2.21. The molecule has 0 spiro atoms. The van der Waals surface area contributed by atoms with Gasteiger partial charge in [-0.25, -0.2) is 4.79 Å². The number of hydrogen-bond acceptors (Lipinski definition) is 5. The zero-order valence-corrected chi connectivity index (χ0v) is 14.6. The van der Waals surface area contributed by atoms with E-state index in [4.69, 9.17) is 18.9 Å². The number of carbonyl (C=O) groups excluding carboxylic acids is 1. The molecule has 0 amide bonds. The first-order valence-corrected chi connectivity index (χ1v) is 8.71. The van der Waals surface area contributed by atoms with Gasteiger partial charge in [0.2, 0.25) is 0 Å². The van der Waals surface area contributed by atoms with Gasteiger partial charge in [0.25, 0.3) is 0 Å². The molecule has 2 aliphatic heterocycles. The molecule has 0 saturated heterocycles. The lowest BCUT2D eigenvalue weighted by atomic mass is 9.88. The van der Waals surface area contributed by atoms with E-state index in [-0.39, 0.29) is 5.97 Å². The van der Waals surface area contributed by atoms with Gasteiger partial charge in [-0.2, -0.15) is 0 Å². The fourth-order valence-corrected chi connectivity index (χ4v) is 3.56. The Morgan fingerprint density at radius 2 is 1.58 bits per heavy atom. The Morgan fingerprint density at radius 1 is 0.917 bits per heavy atom. The van der Waals surface area contributed by atoms with Crippen LogP contribution in [0.4, 0.5) is 0 Å². The molecule has 5 heteroatoms. The van der Waals surface area contributed by atoms with Gasteiger partial charge in [0.05, 0.1) is 25.4 Å². The molecule has 24 heavy (non-hydrogen) atoms. The Kier molecular flexibility index (Phi) is 5.87. The van der Waals surface area contributed by atoms with Crippen LogP contribution in [0.25, 0.3) is 0 Å². The van der Waals surface area contributed by atoms with E-state index < -0.39 is 0 Å². The van der Waals surface area contributed by atoms with E-state index >= 15 is 0 Å². The van der Waals surface area contributed by atoms with Crippen LogP contribution in [-0.4, -0.2) is 26.3 Å². The van der Waals surface area contributed by atoms with E-state index in [0.717, 1.165) is 53.9 Å². The summed E-state index contributed by atoms with van der Waals surface area (Å²) in [6.07, 6.45) is 4.47. The molecule has 3 rings (SSSR count). The molecule has 2 heterocycles. The molecule has 1 aromatic rings. The summed E-state index contributed by atoms with van der Waals surface area (Å²) >= 11 is 0. The summed E-state index contributed by atoms with van der Waals surface area (Å²) < 4.78 is 22.5. The van der Waals surface area contributed by atoms with Gasteiger partial charge < -0.3 is 18.9 Å². The van der Waals surface area contributed by atoms with Gasteiger partial charge in [-0.05, 0) is 42.0 Å². The number of ether oxygens (including phenoxy) is 4. The van der Waals surface area contributed by atoms with E-state index in [1.807, 2.05) is 6.92 Å². The molecule has 132 valence electrons. The summed E-state index contributed by atoms with van der Waals surface area (Å²) in [7, 11) is 1.67. The fraction of sp³-hybridized carbons (Fsp3) is 0.632. The third-order valence-electron chi connectivity index (χ3n) is 4.88. The van der Waals surface area contributed by atoms with Crippen LogP contribution in [0.5, 0.6) is 0 Å². The van der Waals surface area contributed by atoms with E-state index in [1.54, 1.807) is 7.11 Å². The van der Waals surface area contributed by atoms with E-state index in [2.05, 4.69) is 0 Å². The first kappa shape index (κ1) is 17.4. The van der Waals surface area contributed by atoms with Crippen molar-refractivity contribution < 1.29 is 23.7 Å². The minimum atomic E-state index is -0.241. The summed E-state index contributed by atoms with van der Waals surface area (Å²) in [5.74, 6) is -0.241. The second kappa shape index (κ2) is 8.10. The number of fused-ring (bicyclic) bond motifs is 3. The third-order valence-corrected chi connectivity index (χ3v) is 4.88. The highest BCUT2D eigenvalue weighted by molar-refractivity contribution is 5.96. The van der Waals surface area contributed by atoms with Crippen molar-refractivity contribution in [2.45, 2.75) is 59.0 Å². The highest BCUT2D eigenvalue weighted by atomic mass is 16.5. The largest absolute Gasteiger partial charge is 0.457 e. The Morgan fingerprint density at radius 3 is 2.25 bits per heavy atom. The summed E-state index contributed by atoms with van der Waals surface area (Å²) in [5.41, 5.74) is 5.79. The van der Waals surface area contributed by atoms with Crippen LogP contribution in [-0.2, 0) is 45.4 Å². The standard InChI is InChI=1S/C19H26O5/c1-13-14(9-21-2)15-10-22-7-5-3-4-6-8-23-11-16(15)17-12-24-19(20)18(13)17/h3-12H2,1-2H3. The molecule has 0 fully saturated rings. The predicted octanol–water partition coefficient (Wildman–Crippen LogP) is 3.42. The molecule has 0 unspecified atom stereocenters. The number of rotatable bonds is 2. The third kappa shape index (κ3) is 3.48. The van der Waals surface area contributed by atoms with Crippen LogP contribution in [0, 0.1) is 6.92 Å². The van der Waals surface area contributed by atoms with Crippen molar-refractivity contribution >= 4 is 5.97 Å². The topological polar surface area (TPSA) is 54.0 Å². The second-order valence-electron chi connectivity index (χ2n) is 6.44. The van der Waals surface area contributed by atoms with Gasteiger partial charge in [0, 0.05) is 25.9 Å². The van der Waals surface area contributed by atoms with E-state index in [9.17, 15) is 4.79 Å². The molecule has 1 aromatic carbocycles. The predicted molar refractivity (Wildman–Crippen MR) is 88.8 cm³/mol. The zero-order chi connectivity index (χ0) is 16.9. The zero-order valence-electron chi connectivity index (χ0n) is 14.6. The first-order valence-electron chi connectivity index (χ1n) is 8.71. The molecular formula is C19H26O5. The maximum absolute atomic E-state index is 12.2. The summed E-state index contributed by atoms with van der Waals surface area (Å²) in [6.45, 7) is 5.28. The normalized spacial score (nSPS) is 19.0. The van der Waals surface area contributed by atoms with Crippen molar-refractivity contribution in [2.24, 2.45) is 0 Å². The van der Waals surface area contributed by atoms with E-state index in [0.29, 0.717) is 32.0 Å². The van der Waals surface area contributed by atoms with Crippen LogP contribution in [0.1, 0.15) is 63.9 Å². The van der Waals surface area contributed by atoms with Crippen molar-refractivity contribution in [3.63, 3.8) is 0 Å². The smallest absolute Gasteiger partial charge is 0.339 e. The fourth-order valence-electron chi connectivity index (χ4n) is 3.56. The maximum Gasteiger partial charge on any atom is 0.339 e. The second-order valence-corrected chi connectivity index (χ2v) is 6.44. The Bertz CT molecular complexity index is 609. The quantitative estimate of drug-likeness (QED) is 0.776. The minimum absolute atomic E-state index is 0.241. The highest BCUT2D eigenvalue weighted by Gasteiger charge is 2.31. The summed E-state index contributed by atoms with van der Waals surface area (Å²) in [6, 6.07) is 0. The molecule has 0 radical (unpaired) electrons. The average molecular weight is 334 g/mol. The minimum Gasteiger partial charge on any atom is -0.457 e.